The van der Waals surface area contributed by atoms with Crippen LogP contribution in [-0.2, 0) is 0 Å². The molecule has 0 saturated carbocycles. The number of urea groups is 1. The number of anilines is 1. The van der Waals surface area contributed by atoms with Gasteiger partial charge in [0.1, 0.15) is 5.82 Å². The van der Waals surface area contributed by atoms with Crippen LogP contribution in [0.4, 0.5) is 10.6 Å². The summed E-state index contributed by atoms with van der Waals surface area (Å²) in [4.78, 5) is 25.0. The van der Waals surface area contributed by atoms with E-state index in [4.69, 9.17) is 4.52 Å². The number of carbonyl (C=O) groups excluding carboxylic acids is 1. The Morgan fingerprint density at radius 2 is 1.88 bits per heavy atom. The Bertz CT molecular complexity index is 732. The highest BCUT2D eigenvalue weighted by Crippen LogP contribution is 2.21. The second-order valence-corrected chi connectivity index (χ2v) is 7.09. The van der Waals surface area contributed by atoms with E-state index in [0.717, 1.165) is 24.5 Å². The Labute approximate surface area is 153 Å². The number of amides is 2. The van der Waals surface area contributed by atoms with Gasteiger partial charge < -0.3 is 19.6 Å². The molecule has 2 aromatic rings. The Morgan fingerprint density at radius 3 is 2.42 bits per heavy atom. The SMILES string of the molecule is CC(C)NC(=O)N1CCN(c2ccc(-c3noc(C(C)C)n3)cn2)CC1. The Balaban J connectivity index is 1.60. The van der Waals surface area contributed by atoms with E-state index < -0.39 is 0 Å². The molecular formula is C18H26N6O2. The summed E-state index contributed by atoms with van der Waals surface area (Å²) in [7, 11) is 0. The van der Waals surface area contributed by atoms with E-state index in [0.29, 0.717) is 24.8 Å². The highest BCUT2D eigenvalue weighted by atomic mass is 16.5. The van der Waals surface area contributed by atoms with Gasteiger partial charge >= 0.3 is 6.03 Å². The Hall–Kier alpha value is -2.64. The quantitative estimate of drug-likeness (QED) is 0.903. The molecule has 26 heavy (non-hydrogen) atoms. The van der Waals surface area contributed by atoms with Crippen molar-refractivity contribution >= 4 is 11.8 Å². The number of aromatic nitrogens is 3. The van der Waals surface area contributed by atoms with E-state index in [1.165, 1.54) is 0 Å². The topological polar surface area (TPSA) is 87.4 Å². The number of hydrogen-bond donors (Lipinski definition) is 1. The van der Waals surface area contributed by atoms with Crippen molar-refractivity contribution in [1.82, 2.24) is 25.3 Å². The molecule has 1 N–H and O–H groups in total. The molecule has 0 spiro atoms. The number of nitrogens with zero attached hydrogens (tertiary/aromatic N) is 5. The maximum atomic E-state index is 12.1. The van der Waals surface area contributed by atoms with Crippen LogP contribution in [0, 0.1) is 0 Å². The van der Waals surface area contributed by atoms with Crippen molar-refractivity contribution < 1.29 is 9.32 Å². The van der Waals surface area contributed by atoms with Crippen LogP contribution < -0.4 is 10.2 Å². The van der Waals surface area contributed by atoms with Crippen molar-refractivity contribution in [3.05, 3.63) is 24.2 Å². The molecule has 1 aliphatic rings. The van der Waals surface area contributed by atoms with Gasteiger partial charge in [-0.15, -0.1) is 0 Å². The summed E-state index contributed by atoms with van der Waals surface area (Å²) in [6.45, 7) is 10.9. The normalized spacial score (nSPS) is 15.0. The number of nitrogens with one attached hydrogen (secondary N) is 1. The molecule has 3 rings (SSSR count). The third-order valence-corrected chi connectivity index (χ3v) is 4.24. The minimum Gasteiger partial charge on any atom is -0.353 e. The molecule has 2 aromatic heterocycles. The average molecular weight is 358 g/mol. The highest BCUT2D eigenvalue weighted by molar-refractivity contribution is 5.74. The lowest BCUT2D eigenvalue weighted by molar-refractivity contribution is 0.191. The zero-order valence-corrected chi connectivity index (χ0v) is 15.8. The van der Waals surface area contributed by atoms with Gasteiger partial charge in [-0.1, -0.05) is 19.0 Å². The van der Waals surface area contributed by atoms with Crippen molar-refractivity contribution in [2.24, 2.45) is 0 Å². The number of piperazine rings is 1. The third-order valence-electron chi connectivity index (χ3n) is 4.24. The van der Waals surface area contributed by atoms with Crippen molar-refractivity contribution in [3.8, 4) is 11.4 Å². The van der Waals surface area contributed by atoms with Gasteiger partial charge in [0, 0.05) is 49.9 Å². The van der Waals surface area contributed by atoms with Gasteiger partial charge in [-0.2, -0.15) is 4.98 Å². The zero-order chi connectivity index (χ0) is 18.7. The summed E-state index contributed by atoms with van der Waals surface area (Å²) in [6, 6.07) is 4.07. The maximum Gasteiger partial charge on any atom is 0.317 e. The van der Waals surface area contributed by atoms with E-state index in [2.05, 4.69) is 25.3 Å². The molecule has 1 fully saturated rings. The van der Waals surface area contributed by atoms with Crippen LogP contribution in [0.5, 0.6) is 0 Å². The van der Waals surface area contributed by atoms with Crippen LogP contribution in [0.15, 0.2) is 22.9 Å². The second kappa shape index (κ2) is 7.72. The molecule has 140 valence electrons. The van der Waals surface area contributed by atoms with Crippen molar-refractivity contribution in [3.63, 3.8) is 0 Å². The van der Waals surface area contributed by atoms with E-state index in [1.807, 2.05) is 44.7 Å². The molecular weight excluding hydrogens is 332 g/mol. The molecule has 1 aliphatic heterocycles. The van der Waals surface area contributed by atoms with Crippen LogP contribution in [0.1, 0.15) is 39.5 Å². The standard InChI is InChI=1S/C18H26N6O2/c1-12(2)17-21-16(22-26-17)14-5-6-15(19-11-14)23-7-9-24(10-8-23)18(25)20-13(3)4/h5-6,11-13H,7-10H2,1-4H3,(H,20,25). The molecule has 0 bridgehead atoms. The third kappa shape index (κ3) is 4.12. The maximum absolute atomic E-state index is 12.1. The van der Waals surface area contributed by atoms with Crippen molar-refractivity contribution in [1.29, 1.82) is 0 Å². The van der Waals surface area contributed by atoms with Gasteiger partial charge in [0.2, 0.25) is 11.7 Å². The molecule has 8 heteroatoms. The van der Waals surface area contributed by atoms with Crippen LogP contribution >= 0.6 is 0 Å². The number of pyridine rings is 1. The highest BCUT2D eigenvalue weighted by Gasteiger charge is 2.22. The first-order valence-corrected chi connectivity index (χ1v) is 9.04. The molecule has 0 atom stereocenters. The Kier molecular flexibility index (Phi) is 5.39. The van der Waals surface area contributed by atoms with Crippen LogP contribution in [0.25, 0.3) is 11.4 Å². The molecule has 0 aromatic carbocycles. The lowest BCUT2D eigenvalue weighted by Gasteiger charge is -2.35. The summed E-state index contributed by atoms with van der Waals surface area (Å²) in [6.07, 6.45) is 1.77. The summed E-state index contributed by atoms with van der Waals surface area (Å²) in [5.74, 6) is 2.28. The fourth-order valence-corrected chi connectivity index (χ4v) is 2.77. The van der Waals surface area contributed by atoms with Crippen molar-refractivity contribution in [2.75, 3.05) is 31.1 Å². The van der Waals surface area contributed by atoms with Gasteiger partial charge in [0.15, 0.2) is 0 Å². The van der Waals surface area contributed by atoms with Crippen LogP contribution in [-0.4, -0.2) is 58.3 Å². The number of carbonyl (C=O) groups is 1. The second-order valence-electron chi connectivity index (χ2n) is 7.09. The molecule has 3 heterocycles. The fraction of sp³-hybridized carbons (Fsp3) is 0.556. The summed E-state index contributed by atoms with van der Waals surface area (Å²) >= 11 is 0. The summed E-state index contributed by atoms with van der Waals surface area (Å²) in [5.41, 5.74) is 0.833. The molecule has 0 unspecified atom stereocenters. The van der Waals surface area contributed by atoms with Gasteiger partial charge in [-0.25, -0.2) is 9.78 Å². The van der Waals surface area contributed by atoms with E-state index >= 15 is 0 Å². The van der Waals surface area contributed by atoms with E-state index in [1.54, 1.807) is 6.20 Å². The zero-order valence-electron chi connectivity index (χ0n) is 15.8. The number of rotatable bonds is 4. The van der Waals surface area contributed by atoms with Gasteiger partial charge in [-0.05, 0) is 26.0 Å². The Morgan fingerprint density at radius 1 is 1.15 bits per heavy atom. The number of hydrogen-bond acceptors (Lipinski definition) is 6. The minimum absolute atomic E-state index is 0.000945. The van der Waals surface area contributed by atoms with E-state index in [9.17, 15) is 4.79 Å². The van der Waals surface area contributed by atoms with Gasteiger partial charge in [0.05, 0.1) is 0 Å². The predicted molar refractivity (Wildman–Crippen MR) is 99.1 cm³/mol. The lowest BCUT2D eigenvalue weighted by Crippen LogP contribution is -2.53. The lowest BCUT2D eigenvalue weighted by atomic mass is 10.2. The summed E-state index contributed by atoms with van der Waals surface area (Å²) < 4.78 is 5.25. The molecule has 0 aliphatic carbocycles. The van der Waals surface area contributed by atoms with Crippen LogP contribution in [0.3, 0.4) is 0 Å². The molecule has 2 amide bonds. The smallest absolute Gasteiger partial charge is 0.317 e. The van der Waals surface area contributed by atoms with Crippen LogP contribution in [0.2, 0.25) is 0 Å². The first-order valence-electron chi connectivity index (χ1n) is 9.04. The van der Waals surface area contributed by atoms with Gasteiger partial charge in [0.25, 0.3) is 0 Å². The van der Waals surface area contributed by atoms with Gasteiger partial charge in [-0.3, -0.25) is 0 Å². The van der Waals surface area contributed by atoms with E-state index in [-0.39, 0.29) is 18.0 Å². The van der Waals surface area contributed by atoms with Crippen molar-refractivity contribution in [2.45, 2.75) is 39.7 Å². The monoisotopic (exact) mass is 358 g/mol. The largest absolute Gasteiger partial charge is 0.353 e. The predicted octanol–water partition coefficient (Wildman–Crippen LogP) is 2.50. The molecule has 1 saturated heterocycles. The minimum atomic E-state index is 0.000945. The molecule has 8 nitrogen and oxygen atoms in total. The first kappa shape index (κ1) is 18.2. The fourth-order valence-electron chi connectivity index (χ4n) is 2.77. The molecule has 0 radical (unpaired) electrons. The summed E-state index contributed by atoms with van der Waals surface area (Å²) in [5, 5.41) is 6.94. The first-order chi connectivity index (χ1) is 12.4. The average Bonchev–Trinajstić information content (AvgIpc) is 3.12.